The summed E-state index contributed by atoms with van der Waals surface area (Å²) in [6.07, 6.45) is -3.94. The second-order valence-corrected chi connectivity index (χ2v) is 10.1. The molecule has 0 aliphatic carbocycles. The van der Waals surface area contributed by atoms with Crippen molar-refractivity contribution in [3.8, 4) is 11.5 Å². The van der Waals surface area contributed by atoms with E-state index in [-0.39, 0.29) is 36.2 Å². The van der Waals surface area contributed by atoms with Crippen molar-refractivity contribution in [1.82, 2.24) is 0 Å². The molecule has 0 aliphatic heterocycles. The van der Waals surface area contributed by atoms with Gasteiger partial charge in [-0.25, -0.2) is 9.59 Å². The molecule has 0 saturated heterocycles. The summed E-state index contributed by atoms with van der Waals surface area (Å²) >= 11 is 0. The van der Waals surface area contributed by atoms with Gasteiger partial charge in [0.2, 0.25) is 0 Å². The van der Waals surface area contributed by atoms with Crippen molar-refractivity contribution < 1.29 is 47.6 Å². The lowest BCUT2D eigenvalue weighted by atomic mass is 10.1. The van der Waals surface area contributed by atoms with Gasteiger partial charge in [0.1, 0.15) is 30.5 Å². The minimum absolute atomic E-state index is 0.0115. The van der Waals surface area contributed by atoms with Crippen molar-refractivity contribution in [2.75, 3.05) is 0 Å². The first kappa shape index (κ1) is 33.7. The number of nitrogens with two attached hydrogens (primary N) is 1. The van der Waals surface area contributed by atoms with Gasteiger partial charge in [-0.05, 0) is 63.6 Å². The molecule has 0 fully saturated rings. The standard InChI is InChI=1S/C28H43NO10/c1-10-25(30)34-19(8)20(9)35-26(31)22(29)13-21-11-12-23(38-27(32)36-17(6)15(2)3)24(14-21)39-28(33)37-18(7)16(4)5/h11-12,14-20,22H,10,13,29H2,1-9H3/t17?,18?,19-,20-,22-/m0/s1. The van der Waals surface area contributed by atoms with Gasteiger partial charge >= 0.3 is 24.2 Å². The topological polar surface area (TPSA) is 150 Å². The molecule has 11 nitrogen and oxygen atoms in total. The summed E-state index contributed by atoms with van der Waals surface area (Å²) in [6, 6.07) is 3.30. The number of rotatable bonds is 13. The summed E-state index contributed by atoms with van der Waals surface area (Å²) in [5.41, 5.74) is 6.55. The molecule has 11 heteroatoms. The maximum atomic E-state index is 12.6. The van der Waals surface area contributed by atoms with E-state index in [1.165, 1.54) is 12.1 Å². The molecule has 2 N–H and O–H groups in total. The van der Waals surface area contributed by atoms with Gasteiger partial charge in [-0.2, -0.15) is 0 Å². The molecular formula is C28H43NO10. The van der Waals surface area contributed by atoms with Crippen LogP contribution in [0.5, 0.6) is 11.5 Å². The second kappa shape index (κ2) is 15.9. The van der Waals surface area contributed by atoms with E-state index in [0.717, 1.165) is 0 Å². The van der Waals surface area contributed by atoms with Gasteiger partial charge < -0.3 is 34.2 Å². The number of carbonyl (C=O) groups excluding carboxylic acids is 4. The van der Waals surface area contributed by atoms with Crippen LogP contribution in [0, 0.1) is 11.8 Å². The smallest absolute Gasteiger partial charge is 0.459 e. The lowest BCUT2D eigenvalue weighted by molar-refractivity contribution is -0.166. The van der Waals surface area contributed by atoms with E-state index in [1.54, 1.807) is 40.7 Å². The van der Waals surface area contributed by atoms with Crippen molar-refractivity contribution in [1.29, 1.82) is 0 Å². The van der Waals surface area contributed by atoms with Gasteiger partial charge in [-0.3, -0.25) is 9.59 Å². The SMILES string of the molecule is CCC(=O)O[C@@H](C)[C@H](C)OC(=O)[C@@H](N)Cc1ccc(OC(=O)OC(C)C(C)C)c(OC(=O)OC(C)C(C)C)c1. The summed E-state index contributed by atoms with van der Waals surface area (Å²) in [5, 5.41) is 0. The molecule has 0 bridgehead atoms. The molecule has 1 rings (SSSR count). The van der Waals surface area contributed by atoms with Crippen LogP contribution in [0.4, 0.5) is 9.59 Å². The Labute approximate surface area is 230 Å². The highest BCUT2D eigenvalue weighted by Crippen LogP contribution is 2.30. The highest BCUT2D eigenvalue weighted by atomic mass is 16.8. The first-order chi connectivity index (χ1) is 18.1. The van der Waals surface area contributed by atoms with E-state index < -0.39 is 54.7 Å². The molecule has 0 aliphatic rings. The molecule has 0 spiro atoms. The predicted molar refractivity (Wildman–Crippen MR) is 142 cm³/mol. The highest BCUT2D eigenvalue weighted by Gasteiger charge is 2.25. The molecule has 2 unspecified atom stereocenters. The minimum atomic E-state index is -1.08. The average molecular weight is 554 g/mol. The van der Waals surface area contributed by atoms with Crippen molar-refractivity contribution in [3.63, 3.8) is 0 Å². The summed E-state index contributed by atoms with van der Waals surface area (Å²) in [4.78, 5) is 48.8. The third kappa shape index (κ3) is 11.9. The van der Waals surface area contributed by atoms with Gasteiger partial charge in [0.25, 0.3) is 0 Å². The number of carbonyl (C=O) groups is 4. The van der Waals surface area contributed by atoms with Crippen LogP contribution < -0.4 is 15.2 Å². The van der Waals surface area contributed by atoms with E-state index in [0.29, 0.717) is 5.56 Å². The normalized spacial score (nSPS) is 15.0. The molecule has 0 saturated carbocycles. The molecule has 0 amide bonds. The summed E-state index contributed by atoms with van der Waals surface area (Å²) in [5.74, 6) is -1.20. The second-order valence-electron chi connectivity index (χ2n) is 10.1. The van der Waals surface area contributed by atoms with Gasteiger partial charge in [0.05, 0.1) is 0 Å². The largest absolute Gasteiger partial charge is 0.514 e. The number of esters is 2. The van der Waals surface area contributed by atoms with E-state index in [9.17, 15) is 19.2 Å². The van der Waals surface area contributed by atoms with Crippen LogP contribution in [0.1, 0.15) is 74.3 Å². The Morgan fingerprint density at radius 3 is 1.67 bits per heavy atom. The third-order valence-corrected chi connectivity index (χ3v) is 6.16. The van der Waals surface area contributed by atoms with Crippen LogP contribution >= 0.6 is 0 Å². The molecule has 39 heavy (non-hydrogen) atoms. The highest BCUT2D eigenvalue weighted by molar-refractivity contribution is 5.76. The molecule has 220 valence electrons. The van der Waals surface area contributed by atoms with Crippen LogP contribution in [0.3, 0.4) is 0 Å². The molecule has 5 atom stereocenters. The summed E-state index contributed by atoms with van der Waals surface area (Å²) in [7, 11) is 0. The Morgan fingerprint density at radius 1 is 0.692 bits per heavy atom. The zero-order valence-electron chi connectivity index (χ0n) is 24.3. The first-order valence-corrected chi connectivity index (χ1v) is 13.2. The average Bonchev–Trinajstić information content (AvgIpc) is 2.84. The van der Waals surface area contributed by atoms with Crippen molar-refractivity contribution in [2.24, 2.45) is 17.6 Å². The predicted octanol–water partition coefficient (Wildman–Crippen LogP) is 4.95. The fraction of sp³-hybridized carbons (Fsp3) is 0.643. The summed E-state index contributed by atoms with van der Waals surface area (Å²) in [6.45, 7) is 15.9. The molecule has 1 aromatic rings. The number of benzene rings is 1. The van der Waals surface area contributed by atoms with E-state index in [2.05, 4.69) is 0 Å². The fourth-order valence-electron chi connectivity index (χ4n) is 2.74. The summed E-state index contributed by atoms with van der Waals surface area (Å²) < 4.78 is 31.7. The zero-order chi connectivity index (χ0) is 29.9. The maximum absolute atomic E-state index is 12.6. The maximum Gasteiger partial charge on any atom is 0.514 e. The molecular weight excluding hydrogens is 510 g/mol. The number of hydrogen-bond acceptors (Lipinski definition) is 11. The Hall–Kier alpha value is -3.34. The Kier molecular flexibility index (Phi) is 13.8. The van der Waals surface area contributed by atoms with Gasteiger partial charge in [0, 0.05) is 6.42 Å². The number of ether oxygens (including phenoxy) is 6. The lowest BCUT2D eigenvalue weighted by Crippen LogP contribution is -2.39. The minimum Gasteiger partial charge on any atom is -0.459 e. The van der Waals surface area contributed by atoms with Crippen LogP contribution in [0.2, 0.25) is 0 Å². The van der Waals surface area contributed by atoms with Gasteiger partial charge in [0.15, 0.2) is 11.5 Å². The van der Waals surface area contributed by atoms with Gasteiger partial charge in [-0.15, -0.1) is 0 Å². The molecule has 1 aromatic carbocycles. The molecule has 0 aromatic heterocycles. The van der Waals surface area contributed by atoms with Crippen molar-refractivity contribution >= 4 is 24.2 Å². The fourth-order valence-corrected chi connectivity index (χ4v) is 2.74. The van der Waals surface area contributed by atoms with E-state index in [1.807, 2.05) is 27.7 Å². The molecule has 0 radical (unpaired) electrons. The van der Waals surface area contributed by atoms with Gasteiger partial charge in [-0.1, -0.05) is 40.7 Å². The Morgan fingerprint density at radius 2 is 1.18 bits per heavy atom. The van der Waals surface area contributed by atoms with Crippen LogP contribution in [0.25, 0.3) is 0 Å². The third-order valence-electron chi connectivity index (χ3n) is 6.16. The van der Waals surface area contributed by atoms with E-state index >= 15 is 0 Å². The van der Waals surface area contributed by atoms with Crippen LogP contribution in [-0.4, -0.2) is 54.7 Å². The lowest BCUT2D eigenvalue weighted by Gasteiger charge is -2.22. The van der Waals surface area contributed by atoms with Crippen molar-refractivity contribution in [2.45, 2.75) is 106 Å². The van der Waals surface area contributed by atoms with Crippen LogP contribution in [0.15, 0.2) is 18.2 Å². The molecule has 0 heterocycles. The quantitative estimate of drug-likeness (QED) is 0.201. The van der Waals surface area contributed by atoms with Crippen LogP contribution in [-0.2, 0) is 35.0 Å². The van der Waals surface area contributed by atoms with Crippen molar-refractivity contribution in [3.05, 3.63) is 23.8 Å². The number of hydrogen-bond donors (Lipinski definition) is 1. The monoisotopic (exact) mass is 553 g/mol. The first-order valence-electron chi connectivity index (χ1n) is 13.2. The zero-order valence-corrected chi connectivity index (χ0v) is 24.3. The van der Waals surface area contributed by atoms with E-state index in [4.69, 9.17) is 34.2 Å². The Bertz CT molecular complexity index is 977. The Balaban J connectivity index is 3.04.